The molecule has 0 heterocycles. The monoisotopic (exact) mass is 457 g/mol. The highest BCUT2D eigenvalue weighted by atomic mass is 79.9. The fourth-order valence-corrected chi connectivity index (χ4v) is 3.22. The second-order valence-corrected chi connectivity index (χ2v) is 7.50. The molecule has 0 radical (unpaired) electrons. The number of ether oxygens (including phenoxy) is 1. The highest BCUT2D eigenvalue weighted by molar-refractivity contribution is 9.10. The van der Waals surface area contributed by atoms with Gasteiger partial charge in [-0.15, -0.1) is 0 Å². The van der Waals surface area contributed by atoms with Crippen molar-refractivity contribution >= 4 is 50.8 Å². The van der Waals surface area contributed by atoms with E-state index in [1.165, 1.54) is 0 Å². The zero-order valence-electron chi connectivity index (χ0n) is 14.1. The van der Waals surface area contributed by atoms with Gasteiger partial charge in [-0.25, -0.2) is 0 Å². The van der Waals surface area contributed by atoms with E-state index >= 15 is 0 Å². The zero-order valence-corrected chi connectivity index (χ0v) is 17.2. The Morgan fingerprint density at radius 3 is 2.48 bits per heavy atom. The number of nitrogens with zero attached hydrogens (tertiary/aromatic N) is 1. The van der Waals surface area contributed by atoms with Gasteiger partial charge in [-0.3, -0.25) is 0 Å². The molecule has 0 amide bonds. The van der Waals surface area contributed by atoms with Crippen LogP contribution < -0.4 is 4.74 Å². The van der Waals surface area contributed by atoms with Gasteiger partial charge in [0.25, 0.3) is 0 Å². The van der Waals surface area contributed by atoms with Crippen molar-refractivity contribution in [2.24, 2.45) is 0 Å². The zero-order chi connectivity index (χ0) is 19.2. The van der Waals surface area contributed by atoms with Gasteiger partial charge in [0, 0.05) is 25.6 Å². The van der Waals surface area contributed by atoms with Gasteiger partial charge in [0.2, 0.25) is 0 Å². The standard InChI is InChI=1S/C22H14BrCl2NO/c23-19-8-5-15(6-9-19)18(13-26)11-16-3-1-2-4-22(16)27-14-17-7-10-20(24)12-21(17)25/h1-12H,14H2/b18-11-. The summed E-state index contributed by atoms with van der Waals surface area (Å²) in [4.78, 5) is 0. The molecule has 3 aromatic carbocycles. The SMILES string of the molecule is N#C/C(=C/c1ccccc1OCc1ccc(Cl)cc1Cl)c1ccc(Br)cc1. The van der Waals surface area contributed by atoms with Crippen LogP contribution in [-0.2, 0) is 6.61 Å². The minimum absolute atomic E-state index is 0.307. The van der Waals surface area contributed by atoms with Gasteiger partial charge in [0.15, 0.2) is 0 Å². The molecule has 0 aliphatic heterocycles. The van der Waals surface area contributed by atoms with Crippen molar-refractivity contribution in [3.05, 3.63) is 97.9 Å². The lowest BCUT2D eigenvalue weighted by atomic mass is 10.0. The molecule has 0 aliphatic rings. The summed E-state index contributed by atoms with van der Waals surface area (Å²) in [5, 5.41) is 10.7. The molecule has 0 saturated carbocycles. The van der Waals surface area contributed by atoms with Gasteiger partial charge in [-0.1, -0.05) is 75.5 Å². The van der Waals surface area contributed by atoms with Gasteiger partial charge in [-0.2, -0.15) is 5.26 Å². The third-order valence-electron chi connectivity index (χ3n) is 3.89. The number of nitriles is 1. The average Bonchev–Trinajstić information content (AvgIpc) is 2.67. The normalized spacial score (nSPS) is 11.1. The molecular weight excluding hydrogens is 445 g/mol. The van der Waals surface area contributed by atoms with E-state index in [2.05, 4.69) is 22.0 Å². The van der Waals surface area contributed by atoms with Gasteiger partial charge in [-0.05, 0) is 42.0 Å². The van der Waals surface area contributed by atoms with Crippen molar-refractivity contribution in [3.8, 4) is 11.8 Å². The van der Waals surface area contributed by atoms with Crippen LogP contribution in [0.15, 0.2) is 71.2 Å². The van der Waals surface area contributed by atoms with Crippen molar-refractivity contribution < 1.29 is 4.74 Å². The number of hydrogen-bond donors (Lipinski definition) is 0. The smallest absolute Gasteiger partial charge is 0.127 e. The number of benzene rings is 3. The summed E-state index contributed by atoms with van der Waals surface area (Å²) in [6.45, 7) is 0.307. The number of rotatable bonds is 5. The van der Waals surface area contributed by atoms with E-state index in [4.69, 9.17) is 27.9 Å². The first-order valence-corrected chi connectivity index (χ1v) is 9.65. The molecule has 0 fully saturated rings. The van der Waals surface area contributed by atoms with Gasteiger partial charge < -0.3 is 4.74 Å². The van der Waals surface area contributed by atoms with Crippen molar-refractivity contribution in [1.29, 1.82) is 5.26 Å². The summed E-state index contributed by atoms with van der Waals surface area (Å²) >= 11 is 15.6. The quantitative estimate of drug-likeness (QED) is 0.294. The molecule has 27 heavy (non-hydrogen) atoms. The molecule has 0 saturated heterocycles. The van der Waals surface area contributed by atoms with Crippen LogP contribution in [0.2, 0.25) is 10.0 Å². The predicted molar refractivity (Wildman–Crippen MR) is 115 cm³/mol. The van der Waals surface area contributed by atoms with Crippen molar-refractivity contribution in [2.45, 2.75) is 6.61 Å². The Bertz CT molecular complexity index is 1020. The summed E-state index contributed by atoms with van der Waals surface area (Å²) < 4.78 is 6.92. The maximum absolute atomic E-state index is 9.57. The van der Waals surface area contributed by atoms with Crippen LogP contribution in [0.3, 0.4) is 0 Å². The van der Waals surface area contributed by atoms with Crippen molar-refractivity contribution in [1.82, 2.24) is 0 Å². The Hall–Kier alpha value is -2.25. The van der Waals surface area contributed by atoms with E-state index < -0.39 is 0 Å². The first-order chi connectivity index (χ1) is 13.1. The van der Waals surface area contributed by atoms with Crippen molar-refractivity contribution in [3.63, 3.8) is 0 Å². The number of hydrogen-bond acceptors (Lipinski definition) is 2. The summed E-state index contributed by atoms with van der Waals surface area (Å²) in [6.07, 6.45) is 1.82. The largest absolute Gasteiger partial charge is 0.488 e. The van der Waals surface area contributed by atoms with Crippen molar-refractivity contribution in [2.75, 3.05) is 0 Å². The minimum Gasteiger partial charge on any atom is -0.488 e. The summed E-state index contributed by atoms with van der Waals surface area (Å²) in [7, 11) is 0. The first-order valence-electron chi connectivity index (χ1n) is 8.10. The van der Waals surface area contributed by atoms with Gasteiger partial charge in [0.05, 0.1) is 11.6 Å². The fourth-order valence-electron chi connectivity index (χ4n) is 2.49. The molecular formula is C22H14BrCl2NO. The number of halogens is 3. The Kier molecular flexibility index (Phi) is 6.58. The van der Waals surface area contributed by atoms with E-state index in [0.717, 1.165) is 21.2 Å². The molecule has 0 N–H and O–H groups in total. The summed E-state index contributed by atoms with van der Waals surface area (Å²) in [5.74, 6) is 0.674. The van der Waals surface area contributed by atoms with E-state index in [-0.39, 0.29) is 0 Å². The maximum atomic E-state index is 9.57. The topological polar surface area (TPSA) is 33.0 Å². The lowest BCUT2D eigenvalue weighted by Crippen LogP contribution is -1.98. The lowest BCUT2D eigenvalue weighted by Gasteiger charge is -2.11. The summed E-state index contributed by atoms with van der Waals surface area (Å²) in [5.41, 5.74) is 3.06. The third-order valence-corrected chi connectivity index (χ3v) is 5.01. The van der Waals surface area contributed by atoms with Crippen LogP contribution in [0.25, 0.3) is 11.6 Å². The Morgan fingerprint density at radius 2 is 1.78 bits per heavy atom. The Balaban J connectivity index is 1.87. The summed E-state index contributed by atoms with van der Waals surface area (Å²) in [6, 6.07) is 22.8. The van der Waals surface area contributed by atoms with Crippen LogP contribution in [0.1, 0.15) is 16.7 Å². The molecule has 0 atom stereocenters. The second kappa shape index (κ2) is 9.10. The van der Waals surface area contributed by atoms with Crippen LogP contribution in [0.4, 0.5) is 0 Å². The lowest BCUT2D eigenvalue weighted by molar-refractivity contribution is 0.305. The number of allylic oxidation sites excluding steroid dienone is 1. The van der Waals surface area contributed by atoms with Crippen LogP contribution >= 0.6 is 39.1 Å². The molecule has 3 rings (SSSR count). The van der Waals surface area contributed by atoms with Gasteiger partial charge in [0.1, 0.15) is 12.4 Å². The van der Waals surface area contributed by atoms with E-state index in [0.29, 0.717) is 28.0 Å². The molecule has 3 aromatic rings. The highest BCUT2D eigenvalue weighted by Gasteiger charge is 2.07. The van der Waals surface area contributed by atoms with Crippen LogP contribution in [0.5, 0.6) is 5.75 Å². The average molecular weight is 459 g/mol. The van der Waals surface area contributed by atoms with E-state index in [1.54, 1.807) is 12.1 Å². The number of para-hydroxylation sites is 1. The predicted octanol–water partition coefficient (Wildman–Crippen LogP) is 7.40. The Morgan fingerprint density at radius 1 is 1.04 bits per heavy atom. The molecule has 0 aromatic heterocycles. The molecule has 134 valence electrons. The van der Waals surface area contributed by atoms with Crippen LogP contribution in [-0.4, -0.2) is 0 Å². The molecule has 0 spiro atoms. The second-order valence-electron chi connectivity index (χ2n) is 5.74. The molecule has 0 bridgehead atoms. The maximum Gasteiger partial charge on any atom is 0.127 e. The third kappa shape index (κ3) is 5.14. The highest BCUT2D eigenvalue weighted by Crippen LogP contribution is 2.27. The van der Waals surface area contributed by atoms with Crippen LogP contribution in [0, 0.1) is 11.3 Å². The molecule has 0 unspecified atom stereocenters. The van der Waals surface area contributed by atoms with E-state index in [1.807, 2.05) is 60.7 Å². The fraction of sp³-hybridized carbons (Fsp3) is 0.0455. The van der Waals surface area contributed by atoms with Gasteiger partial charge >= 0.3 is 0 Å². The minimum atomic E-state index is 0.307. The molecule has 2 nitrogen and oxygen atoms in total. The first kappa shape index (κ1) is 19.5. The Labute approximate surface area is 176 Å². The molecule has 5 heteroatoms. The molecule has 0 aliphatic carbocycles. The van der Waals surface area contributed by atoms with E-state index in [9.17, 15) is 5.26 Å².